The Hall–Kier alpha value is -1.47. The summed E-state index contributed by atoms with van der Waals surface area (Å²) < 4.78 is 0. The predicted octanol–water partition coefficient (Wildman–Crippen LogP) is 3.00. The fourth-order valence-electron chi connectivity index (χ4n) is 2.64. The Balaban J connectivity index is 1.67. The molecule has 0 spiro atoms. The number of carbonyl (C=O) groups is 1. The van der Waals surface area contributed by atoms with Gasteiger partial charge in [0.1, 0.15) is 4.88 Å². The summed E-state index contributed by atoms with van der Waals surface area (Å²) in [5.41, 5.74) is 0. The second-order valence-electron chi connectivity index (χ2n) is 5.11. The van der Waals surface area contributed by atoms with E-state index in [0.717, 1.165) is 12.2 Å². The van der Waals surface area contributed by atoms with Crippen molar-refractivity contribution in [2.24, 2.45) is 0 Å². The van der Waals surface area contributed by atoms with Crippen LogP contribution in [0.15, 0.2) is 24.7 Å². The molecule has 1 saturated carbocycles. The zero-order valence-corrected chi connectivity index (χ0v) is 14.0. The topological polar surface area (TPSA) is 67.8 Å². The smallest absolute Gasteiger partial charge is 0.263 e. The Bertz CT molecular complexity index is 631. The molecule has 0 aliphatic heterocycles. The minimum absolute atomic E-state index is 0.0340. The van der Waals surface area contributed by atoms with Crippen molar-refractivity contribution in [2.45, 2.75) is 37.5 Å². The van der Waals surface area contributed by atoms with Gasteiger partial charge in [-0.2, -0.15) is 11.8 Å². The van der Waals surface area contributed by atoms with Gasteiger partial charge >= 0.3 is 0 Å². The predicted molar refractivity (Wildman–Crippen MR) is 90.2 cm³/mol. The fraction of sp³-hybridized carbons (Fsp3) is 0.467. The highest BCUT2D eigenvalue weighted by atomic mass is 32.2. The van der Waals surface area contributed by atoms with Gasteiger partial charge in [0, 0.05) is 23.7 Å². The van der Waals surface area contributed by atoms with Crippen molar-refractivity contribution in [2.75, 3.05) is 5.75 Å². The summed E-state index contributed by atoms with van der Waals surface area (Å²) in [6.45, 7) is 2.16. The molecule has 1 aliphatic carbocycles. The van der Waals surface area contributed by atoms with Gasteiger partial charge in [-0.05, 0) is 24.7 Å². The number of aromatic nitrogens is 3. The zero-order valence-electron chi connectivity index (χ0n) is 12.4. The third kappa shape index (κ3) is 3.47. The molecule has 2 atom stereocenters. The lowest BCUT2D eigenvalue weighted by Crippen LogP contribution is -2.38. The van der Waals surface area contributed by atoms with Gasteiger partial charge in [-0.15, -0.1) is 11.3 Å². The number of hydrogen-bond acceptors (Lipinski definition) is 6. The summed E-state index contributed by atoms with van der Waals surface area (Å²) in [5.74, 6) is 1.62. The number of thiazole rings is 1. The van der Waals surface area contributed by atoms with E-state index in [1.54, 1.807) is 24.7 Å². The van der Waals surface area contributed by atoms with E-state index in [9.17, 15) is 4.79 Å². The molecule has 1 N–H and O–H groups in total. The average molecular weight is 334 g/mol. The lowest BCUT2D eigenvalue weighted by molar-refractivity contribution is 0.0942. The Morgan fingerprint density at radius 2 is 2.18 bits per heavy atom. The average Bonchev–Trinajstić information content (AvgIpc) is 3.19. The van der Waals surface area contributed by atoms with Crippen LogP contribution in [0.2, 0.25) is 0 Å². The summed E-state index contributed by atoms with van der Waals surface area (Å²) in [4.78, 5) is 25.6. The maximum atomic E-state index is 12.4. The van der Waals surface area contributed by atoms with E-state index >= 15 is 0 Å². The normalized spacial score (nSPS) is 21.0. The van der Waals surface area contributed by atoms with Crippen molar-refractivity contribution < 1.29 is 4.79 Å². The molecule has 1 aliphatic rings. The van der Waals surface area contributed by atoms with Crippen molar-refractivity contribution in [3.63, 3.8) is 0 Å². The van der Waals surface area contributed by atoms with Gasteiger partial charge in [0.2, 0.25) is 0 Å². The first-order valence-corrected chi connectivity index (χ1v) is 9.30. The third-order valence-electron chi connectivity index (χ3n) is 3.64. The molecule has 116 valence electrons. The first-order chi connectivity index (χ1) is 10.8. The maximum Gasteiger partial charge on any atom is 0.263 e. The summed E-state index contributed by atoms with van der Waals surface area (Å²) in [5, 5.41) is 4.38. The standard InChI is InChI=1S/C15H18N4OS2/c1-2-21-11-6-3-5-10(11)19-14(20)12-9-18-15(22-12)13-16-7-4-8-17-13/h4,7-11H,2-3,5-6H2,1H3,(H,19,20). The Morgan fingerprint density at radius 3 is 2.95 bits per heavy atom. The number of hydrogen-bond donors (Lipinski definition) is 1. The van der Waals surface area contributed by atoms with Crippen LogP contribution in [0.1, 0.15) is 35.9 Å². The van der Waals surface area contributed by atoms with Crippen LogP contribution in [0.25, 0.3) is 10.8 Å². The molecule has 0 bridgehead atoms. The van der Waals surface area contributed by atoms with Crippen LogP contribution in [0, 0.1) is 0 Å². The molecule has 2 unspecified atom stereocenters. The fourth-order valence-corrected chi connectivity index (χ4v) is 4.60. The molecule has 2 aromatic rings. The Labute approximate surface area is 138 Å². The van der Waals surface area contributed by atoms with E-state index in [0.29, 0.717) is 21.0 Å². The van der Waals surface area contributed by atoms with Crippen LogP contribution in [0.4, 0.5) is 0 Å². The summed E-state index contributed by atoms with van der Waals surface area (Å²) in [7, 11) is 0. The van der Waals surface area contributed by atoms with Crippen molar-refractivity contribution in [3.05, 3.63) is 29.5 Å². The van der Waals surface area contributed by atoms with Gasteiger partial charge < -0.3 is 5.32 Å². The minimum atomic E-state index is -0.0340. The van der Waals surface area contributed by atoms with E-state index in [1.807, 2.05) is 11.8 Å². The monoisotopic (exact) mass is 334 g/mol. The molecular weight excluding hydrogens is 316 g/mol. The van der Waals surface area contributed by atoms with Crippen LogP contribution in [-0.4, -0.2) is 37.9 Å². The second kappa shape index (κ2) is 7.19. The highest BCUT2D eigenvalue weighted by Crippen LogP contribution is 2.30. The van der Waals surface area contributed by atoms with E-state index in [2.05, 4.69) is 27.2 Å². The molecule has 2 aromatic heterocycles. The minimum Gasteiger partial charge on any atom is -0.347 e. The van der Waals surface area contributed by atoms with Crippen LogP contribution in [0.3, 0.4) is 0 Å². The van der Waals surface area contributed by atoms with Crippen molar-refractivity contribution >= 4 is 29.0 Å². The van der Waals surface area contributed by atoms with Crippen molar-refractivity contribution in [1.82, 2.24) is 20.3 Å². The third-order valence-corrected chi connectivity index (χ3v) is 5.95. The molecule has 3 rings (SSSR count). The molecule has 22 heavy (non-hydrogen) atoms. The van der Waals surface area contributed by atoms with E-state index in [4.69, 9.17) is 0 Å². The quantitative estimate of drug-likeness (QED) is 0.910. The maximum absolute atomic E-state index is 12.4. The van der Waals surface area contributed by atoms with E-state index in [-0.39, 0.29) is 11.9 Å². The lowest BCUT2D eigenvalue weighted by atomic mass is 10.2. The number of thioether (sulfide) groups is 1. The first kappa shape index (κ1) is 15.4. The molecular formula is C15H18N4OS2. The molecule has 2 heterocycles. The molecule has 7 heteroatoms. The van der Waals surface area contributed by atoms with Crippen LogP contribution in [0.5, 0.6) is 0 Å². The van der Waals surface area contributed by atoms with Crippen LogP contribution in [-0.2, 0) is 0 Å². The zero-order chi connectivity index (χ0) is 15.4. The SMILES string of the molecule is CCSC1CCCC1NC(=O)c1cnc(-c2ncccn2)s1. The van der Waals surface area contributed by atoms with Gasteiger partial charge in [0.15, 0.2) is 10.8 Å². The van der Waals surface area contributed by atoms with E-state index < -0.39 is 0 Å². The number of rotatable bonds is 5. The van der Waals surface area contributed by atoms with E-state index in [1.165, 1.54) is 24.2 Å². The highest BCUT2D eigenvalue weighted by Gasteiger charge is 2.29. The molecule has 0 aromatic carbocycles. The second-order valence-corrected chi connectivity index (χ2v) is 7.65. The van der Waals surface area contributed by atoms with Gasteiger partial charge in [-0.1, -0.05) is 13.3 Å². The Morgan fingerprint density at radius 1 is 1.36 bits per heavy atom. The van der Waals surface area contributed by atoms with Crippen LogP contribution < -0.4 is 5.32 Å². The highest BCUT2D eigenvalue weighted by molar-refractivity contribution is 7.99. The molecule has 0 radical (unpaired) electrons. The van der Waals surface area contributed by atoms with Gasteiger partial charge in [0.05, 0.1) is 6.20 Å². The molecule has 0 saturated heterocycles. The first-order valence-electron chi connectivity index (χ1n) is 7.43. The number of nitrogens with one attached hydrogen (secondary N) is 1. The molecule has 1 fully saturated rings. The van der Waals surface area contributed by atoms with Crippen LogP contribution >= 0.6 is 23.1 Å². The Kier molecular flexibility index (Phi) is 5.04. The summed E-state index contributed by atoms with van der Waals surface area (Å²) >= 11 is 3.28. The lowest BCUT2D eigenvalue weighted by Gasteiger charge is -2.19. The van der Waals surface area contributed by atoms with Gasteiger partial charge in [0.25, 0.3) is 5.91 Å². The van der Waals surface area contributed by atoms with Gasteiger partial charge in [-0.25, -0.2) is 15.0 Å². The largest absolute Gasteiger partial charge is 0.347 e. The molecule has 1 amide bonds. The number of amides is 1. The van der Waals surface area contributed by atoms with Gasteiger partial charge in [-0.3, -0.25) is 4.79 Å². The summed E-state index contributed by atoms with van der Waals surface area (Å²) in [6, 6.07) is 2.03. The number of nitrogens with zero attached hydrogens (tertiary/aromatic N) is 3. The number of carbonyl (C=O) groups excluding carboxylic acids is 1. The van der Waals surface area contributed by atoms with Crippen molar-refractivity contribution in [3.8, 4) is 10.8 Å². The van der Waals surface area contributed by atoms with Crippen molar-refractivity contribution in [1.29, 1.82) is 0 Å². The summed E-state index contributed by atoms with van der Waals surface area (Å²) in [6.07, 6.45) is 8.41. The molecule has 5 nitrogen and oxygen atoms in total.